The van der Waals surface area contributed by atoms with Gasteiger partial charge in [-0.1, -0.05) is 83.9 Å². The van der Waals surface area contributed by atoms with Crippen LogP contribution in [0.3, 0.4) is 0 Å². The molecule has 0 saturated carbocycles. The number of hydrogen-bond donors (Lipinski definition) is 0. The Hall–Kier alpha value is -4.04. The second-order valence-electron chi connectivity index (χ2n) is 12.0. The SMILES string of the molecule is O=C(CC(OC(CC(=O)N1CCN(c2ccc(Cl)cc2)CC1)c1ccccc1)c1ccccc1)N1CCN(c2ccc(Cl)cc2)CC1. The van der Waals surface area contributed by atoms with Crippen LogP contribution < -0.4 is 9.80 Å². The van der Waals surface area contributed by atoms with E-state index in [2.05, 4.69) is 9.80 Å². The molecule has 4 aromatic carbocycles. The second kappa shape index (κ2) is 15.7. The highest BCUT2D eigenvalue weighted by atomic mass is 35.5. The van der Waals surface area contributed by atoms with Gasteiger partial charge in [0.1, 0.15) is 0 Å². The summed E-state index contributed by atoms with van der Waals surface area (Å²) in [4.78, 5) is 35.9. The largest absolute Gasteiger partial charge is 0.368 e. The summed E-state index contributed by atoms with van der Waals surface area (Å²) in [6, 6.07) is 35.4. The Bertz CT molecular complexity index is 1470. The maximum Gasteiger partial charge on any atom is 0.225 e. The summed E-state index contributed by atoms with van der Waals surface area (Å²) in [5, 5.41) is 1.42. The van der Waals surface area contributed by atoms with E-state index in [0.717, 1.165) is 48.7 Å². The van der Waals surface area contributed by atoms with Gasteiger partial charge in [-0.05, 0) is 59.7 Å². The van der Waals surface area contributed by atoms with Gasteiger partial charge in [-0.15, -0.1) is 0 Å². The molecule has 9 heteroatoms. The molecule has 47 heavy (non-hydrogen) atoms. The van der Waals surface area contributed by atoms with Crippen molar-refractivity contribution in [2.45, 2.75) is 25.0 Å². The van der Waals surface area contributed by atoms with Gasteiger partial charge in [0, 0.05) is 73.8 Å². The van der Waals surface area contributed by atoms with Gasteiger partial charge in [0.15, 0.2) is 0 Å². The van der Waals surface area contributed by atoms with Crippen molar-refractivity contribution in [3.63, 3.8) is 0 Å². The third-order valence-electron chi connectivity index (χ3n) is 9.04. The van der Waals surface area contributed by atoms with E-state index in [4.69, 9.17) is 27.9 Å². The summed E-state index contributed by atoms with van der Waals surface area (Å²) in [5.74, 6) is 0.0946. The minimum Gasteiger partial charge on any atom is -0.368 e. The number of ether oxygens (including phenoxy) is 1. The number of halogens is 2. The lowest BCUT2D eigenvalue weighted by Gasteiger charge is -2.37. The van der Waals surface area contributed by atoms with Gasteiger partial charge < -0.3 is 24.3 Å². The molecule has 2 aliphatic rings. The van der Waals surface area contributed by atoms with Crippen molar-refractivity contribution in [2.75, 3.05) is 62.2 Å². The highest BCUT2D eigenvalue weighted by Crippen LogP contribution is 2.33. The smallest absolute Gasteiger partial charge is 0.225 e. The van der Waals surface area contributed by atoms with Gasteiger partial charge in [-0.25, -0.2) is 0 Å². The molecular formula is C38H40Cl2N4O3. The first-order valence-electron chi connectivity index (χ1n) is 16.2. The molecule has 2 heterocycles. The van der Waals surface area contributed by atoms with Gasteiger partial charge in [-0.2, -0.15) is 0 Å². The molecule has 0 aliphatic carbocycles. The monoisotopic (exact) mass is 670 g/mol. The third kappa shape index (κ3) is 8.66. The predicted octanol–water partition coefficient (Wildman–Crippen LogP) is 7.27. The summed E-state index contributed by atoms with van der Waals surface area (Å²) < 4.78 is 6.81. The molecule has 0 radical (unpaired) electrons. The Balaban J connectivity index is 1.12. The molecule has 2 saturated heterocycles. The van der Waals surface area contributed by atoms with Crippen molar-refractivity contribution in [2.24, 2.45) is 0 Å². The number of amides is 2. The predicted molar refractivity (Wildman–Crippen MR) is 189 cm³/mol. The Morgan fingerprint density at radius 2 is 0.851 bits per heavy atom. The van der Waals surface area contributed by atoms with E-state index in [1.165, 1.54) is 0 Å². The minimum atomic E-state index is -0.502. The molecule has 2 atom stereocenters. The molecule has 2 amide bonds. The van der Waals surface area contributed by atoms with Crippen LogP contribution in [0.15, 0.2) is 109 Å². The Labute approximate surface area is 287 Å². The maximum absolute atomic E-state index is 13.7. The minimum absolute atomic E-state index is 0.0473. The van der Waals surface area contributed by atoms with Gasteiger partial charge in [0.05, 0.1) is 25.0 Å². The Morgan fingerprint density at radius 3 is 1.19 bits per heavy atom. The third-order valence-corrected chi connectivity index (χ3v) is 9.54. The van der Waals surface area contributed by atoms with Crippen LogP contribution in [0.1, 0.15) is 36.2 Å². The van der Waals surface area contributed by atoms with Gasteiger partial charge in [-0.3, -0.25) is 9.59 Å². The fourth-order valence-corrected chi connectivity index (χ4v) is 6.58. The number of nitrogens with zero attached hydrogens (tertiary/aromatic N) is 4. The number of carbonyl (C=O) groups is 2. The highest BCUT2D eigenvalue weighted by molar-refractivity contribution is 6.30. The summed E-state index contributed by atoms with van der Waals surface area (Å²) in [6.07, 6.45) is -0.611. The van der Waals surface area contributed by atoms with E-state index in [9.17, 15) is 9.59 Å². The number of piperazine rings is 2. The lowest BCUT2D eigenvalue weighted by Crippen LogP contribution is -2.49. The van der Waals surface area contributed by atoms with Crippen molar-refractivity contribution >= 4 is 46.4 Å². The molecule has 2 fully saturated rings. The zero-order valence-electron chi connectivity index (χ0n) is 26.4. The fraction of sp³-hybridized carbons (Fsp3) is 0.316. The quantitative estimate of drug-likeness (QED) is 0.178. The summed E-state index contributed by atoms with van der Waals surface area (Å²) in [7, 11) is 0. The zero-order valence-corrected chi connectivity index (χ0v) is 27.9. The molecule has 4 aromatic rings. The van der Waals surface area contributed by atoms with E-state index < -0.39 is 12.2 Å². The van der Waals surface area contributed by atoms with Crippen LogP contribution in [-0.4, -0.2) is 74.0 Å². The van der Waals surface area contributed by atoms with Crippen molar-refractivity contribution in [1.29, 1.82) is 0 Å². The lowest BCUT2D eigenvalue weighted by atomic mass is 10.0. The van der Waals surface area contributed by atoms with Crippen LogP contribution in [0.2, 0.25) is 10.0 Å². The lowest BCUT2D eigenvalue weighted by molar-refractivity contribution is -0.139. The van der Waals surface area contributed by atoms with E-state index >= 15 is 0 Å². The molecule has 2 unspecified atom stereocenters. The van der Waals surface area contributed by atoms with Gasteiger partial charge >= 0.3 is 0 Å². The summed E-state index contributed by atoms with van der Waals surface area (Å²) in [6.45, 7) is 5.51. The molecule has 0 aromatic heterocycles. The molecular weight excluding hydrogens is 631 g/mol. The Kier molecular flexibility index (Phi) is 11.0. The van der Waals surface area contributed by atoms with E-state index in [-0.39, 0.29) is 24.7 Å². The average molecular weight is 672 g/mol. The molecule has 6 rings (SSSR count). The van der Waals surface area contributed by atoms with Gasteiger partial charge in [0.2, 0.25) is 11.8 Å². The first-order chi connectivity index (χ1) is 22.9. The van der Waals surface area contributed by atoms with Crippen LogP contribution in [0, 0.1) is 0 Å². The first kappa shape index (κ1) is 32.9. The molecule has 0 N–H and O–H groups in total. The average Bonchev–Trinajstić information content (AvgIpc) is 3.12. The van der Waals surface area contributed by atoms with E-state index in [1.807, 2.05) is 119 Å². The number of anilines is 2. The molecule has 7 nitrogen and oxygen atoms in total. The zero-order chi connectivity index (χ0) is 32.6. The van der Waals surface area contributed by atoms with Crippen LogP contribution in [0.25, 0.3) is 0 Å². The first-order valence-corrected chi connectivity index (χ1v) is 17.0. The summed E-state index contributed by atoms with van der Waals surface area (Å²) >= 11 is 12.2. The number of benzene rings is 4. The van der Waals surface area contributed by atoms with E-state index in [0.29, 0.717) is 36.2 Å². The number of carbonyl (C=O) groups excluding carboxylic acids is 2. The van der Waals surface area contributed by atoms with E-state index in [1.54, 1.807) is 0 Å². The van der Waals surface area contributed by atoms with Gasteiger partial charge in [0.25, 0.3) is 0 Å². The standard InChI is InChI=1S/C38H40Cl2N4O3/c39-31-11-15-33(16-12-31)41-19-23-43(24-20-41)37(45)27-35(29-7-3-1-4-8-29)47-36(30-9-5-2-6-10-30)28-38(46)44-25-21-42(22-26-44)34-17-13-32(40)14-18-34/h1-18,35-36H,19-28H2. The fourth-order valence-electron chi connectivity index (χ4n) is 6.33. The highest BCUT2D eigenvalue weighted by Gasteiger charge is 2.30. The number of hydrogen-bond acceptors (Lipinski definition) is 5. The van der Waals surface area contributed by atoms with Crippen LogP contribution in [0.5, 0.6) is 0 Å². The Morgan fingerprint density at radius 1 is 0.511 bits per heavy atom. The molecule has 244 valence electrons. The van der Waals surface area contributed by atoms with Crippen LogP contribution in [-0.2, 0) is 14.3 Å². The maximum atomic E-state index is 13.7. The molecule has 0 bridgehead atoms. The van der Waals surface area contributed by atoms with Crippen LogP contribution in [0.4, 0.5) is 11.4 Å². The molecule has 2 aliphatic heterocycles. The topological polar surface area (TPSA) is 56.3 Å². The second-order valence-corrected chi connectivity index (χ2v) is 12.9. The summed E-state index contributed by atoms with van der Waals surface area (Å²) in [5.41, 5.74) is 4.05. The van der Waals surface area contributed by atoms with Crippen molar-refractivity contribution in [3.05, 3.63) is 130 Å². The van der Waals surface area contributed by atoms with Crippen LogP contribution >= 0.6 is 23.2 Å². The molecule has 0 spiro atoms. The van der Waals surface area contributed by atoms with Crippen molar-refractivity contribution < 1.29 is 14.3 Å². The van der Waals surface area contributed by atoms with Crippen molar-refractivity contribution in [3.8, 4) is 0 Å². The number of rotatable bonds is 10. The van der Waals surface area contributed by atoms with Crippen molar-refractivity contribution in [1.82, 2.24) is 9.80 Å². The normalized spacial score (nSPS) is 16.6.